The van der Waals surface area contributed by atoms with Crippen LogP contribution in [-0.2, 0) is 0 Å². The summed E-state index contributed by atoms with van der Waals surface area (Å²) in [7, 11) is 1.47. The van der Waals surface area contributed by atoms with E-state index < -0.39 is 6.61 Å². The molecule has 11 heteroatoms. The van der Waals surface area contributed by atoms with E-state index in [1.54, 1.807) is 24.3 Å². The van der Waals surface area contributed by atoms with Crippen molar-refractivity contribution in [2.45, 2.75) is 6.61 Å². The number of rotatable bonds is 8. The molecule has 0 amide bonds. The van der Waals surface area contributed by atoms with Crippen molar-refractivity contribution in [2.24, 2.45) is 5.10 Å². The zero-order chi connectivity index (χ0) is 22.4. The minimum absolute atomic E-state index is 0.0248. The van der Waals surface area contributed by atoms with Gasteiger partial charge in [0, 0.05) is 5.56 Å². The fraction of sp³-hybridized carbons (Fsp3) is 0.150. The molecule has 1 heterocycles. The van der Waals surface area contributed by atoms with Crippen LogP contribution in [0.4, 0.5) is 8.78 Å². The van der Waals surface area contributed by atoms with Crippen LogP contribution in [0.2, 0.25) is 5.02 Å². The van der Waals surface area contributed by atoms with Gasteiger partial charge in [0.15, 0.2) is 17.3 Å². The summed E-state index contributed by atoms with van der Waals surface area (Å²) in [4.78, 5) is 0. The van der Waals surface area contributed by atoms with E-state index in [2.05, 4.69) is 26.0 Å². The molecule has 0 atom stereocenters. The molecule has 0 aliphatic rings. The smallest absolute Gasteiger partial charge is 0.387 e. The molecule has 0 radical (unpaired) electrons. The van der Waals surface area contributed by atoms with Gasteiger partial charge in [-0.2, -0.15) is 23.7 Å². The molecule has 1 N–H and O–H groups in total. The van der Waals surface area contributed by atoms with Crippen molar-refractivity contribution in [2.75, 3.05) is 13.7 Å². The second-order valence-electron chi connectivity index (χ2n) is 5.84. The first-order valence-electron chi connectivity index (χ1n) is 8.63. The first-order chi connectivity index (χ1) is 14.9. The minimum atomic E-state index is -2.91. The summed E-state index contributed by atoms with van der Waals surface area (Å²) >= 11 is 11.5. The molecule has 0 fully saturated rings. The molecule has 0 saturated heterocycles. The van der Waals surface area contributed by atoms with Gasteiger partial charge in [0.2, 0.25) is 4.77 Å². The second-order valence-corrected chi connectivity index (χ2v) is 6.63. The van der Waals surface area contributed by atoms with Gasteiger partial charge >= 0.3 is 6.61 Å². The van der Waals surface area contributed by atoms with Crippen LogP contribution in [0.1, 0.15) is 5.56 Å². The molecular formula is C20H15ClF2N4O3S. The molecule has 1 aromatic heterocycles. The van der Waals surface area contributed by atoms with E-state index in [0.29, 0.717) is 33.5 Å². The quantitative estimate of drug-likeness (QED) is 0.295. The van der Waals surface area contributed by atoms with Gasteiger partial charge in [0.05, 0.1) is 18.3 Å². The molecule has 2 aromatic carbocycles. The molecule has 0 bridgehead atoms. The van der Waals surface area contributed by atoms with Gasteiger partial charge in [-0.1, -0.05) is 17.5 Å². The number of nitrogens with one attached hydrogen (secondary N) is 1. The first kappa shape index (κ1) is 22.3. The Morgan fingerprint density at radius 1 is 1.35 bits per heavy atom. The Morgan fingerprint density at radius 2 is 2.10 bits per heavy atom. The Hall–Kier alpha value is -3.42. The van der Waals surface area contributed by atoms with E-state index >= 15 is 0 Å². The summed E-state index contributed by atoms with van der Waals surface area (Å²) in [5.74, 6) is 3.47. The van der Waals surface area contributed by atoms with Crippen LogP contribution >= 0.6 is 23.8 Å². The van der Waals surface area contributed by atoms with Gasteiger partial charge in [0.1, 0.15) is 12.4 Å². The highest BCUT2D eigenvalue weighted by Crippen LogP contribution is 2.36. The van der Waals surface area contributed by atoms with Gasteiger partial charge in [0.25, 0.3) is 0 Å². The lowest BCUT2D eigenvalue weighted by Gasteiger charge is -2.11. The molecular weight excluding hydrogens is 450 g/mol. The summed E-state index contributed by atoms with van der Waals surface area (Å²) < 4.78 is 41.3. The molecule has 3 rings (SSSR count). The second kappa shape index (κ2) is 10.1. The van der Waals surface area contributed by atoms with Gasteiger partial charge in [-0.3, -0.25) is 0 Å². The molecule has 0 aliphatic carbocycles. The summed E-state index contributed by atoms with van der Waals surface area (Å²) in [5.41, 5.74) is 1.18. The summed E-state index contributed by atoms with van der Waals surface area (Å²) in [6, 6.07) is 9.21. The predicted octanol–water partition coefficient (Wildman–Crippen LogP) is 4.77. The van der Waals surface area contributed by atoms with Gasteiger partial charge < -0.3 is 14.2 Å². The van der Waals surface area contributed by atoms with E-state index in [1.807, 2.05) is 0 Å². The molecule has 0 saturated carbocycles. The van der Waals surface area contributed by atoms with Crippen molar-refractivity contribution < 1.29 is 23.0 Å². The molecule has 0 spiro atoms. The molecule has 31 heavy (non-hydrogen) atoms. The van der Waals surface area contributed by atoms with E-state index in [1.165, 1.54) is 30.1 Å². The number of hydrogen-bond acceptors (Lipinski definition) is 6. The number of methoxy groups -OCH3 is 1. The molecule has 0 aliphatic heterocycles. The highest BCUT2D eigenvalue weighted by atomic mass is 35.5. The highest BCUT2D eigenvalue weighted by Gasteiger charge is 2.13. The van der Waals surface area contributed by atoms with Crippen molar-refractivity contribution in [3.05, 3.63) is 51.8 Å². The Bertz CT molecular complexity index is 1190. The average molecular weight is 465 g/mol. The SMILES string of the molecule is C#CCOc1c(Cl)cc(/C=N/n2c(-c3ccc(OC(F)F)cc3)n[nH]c2=S)cc1OC. The third-order valence-electron chi connectivity index (χ3n) is 3.86. The summed E-state index contributed by atoms with van der Waals surface area (Å²) in [6.07, 6.45) is 6.72. The van der Waals surface area contributed by atoms with Crippen LogP contribution in [0.5, 0.6) is 17.2 Å². The van der Waals surface area contributed by atoms with Gasteiger partial charge in [-0.25, -0.2) is 5.10 Å². The monoisotopic (exact) mass is 464 g/mol. The lowest BCUT2D eigenvalue weighted by molar-refractivity contribution is -0.0498. The fourth-order valence-electron chi connectivity index (χ4n) is 2.56. The topological polar surface area (TPSA) is 73.7 Å². The van der Waals surface area contributed by atoms with Crippen LogP contribution in [-0.4, -0.2) is 41.4 Å². The van der Waals surface area contributed by atoms with Gasteiger partial charge in [-0.15, -0.1) is 6.42 Å². The van der Waals surface area contributed by atoms with Crippen LogP contribution in [0.15, 0.2) is 41.5 Å². The average Bonchev–Trinajstić information content (AvgIpc) is 3.11. The molecule has 7 nitrogen and oxygen atoms in total. The van der Waals surface area contributed by atoms with Crippen molar-refractivity contribution in [3.8, 4) is 41.0 Å². The largest absolute Gasteiger partial charge is 0.493 e. The zero-order valence-electron chi connectivity index (χ0n) is 16.0. The zero-order valence-corrected chi connectivity index (χ0v) is 17.6. The fourth-order valence-corrected chi connectivity index (χ4v) is 3.02. The van der Waals surface area contributed by atoms with E-state index in [4.69, 9.17) is 39.7 Å². The van der Waals surface area contributed by atoms with Crippen LogP contribution in [0.3, 0.4) is 0 Å². The number of alkyl halides is 2. The van der Waals surface area contributed by atoms with Crippen LogP contribution in [0, 0.1) is 17.1 Å². The lowest BCUT2D eigenvalue weighted by Crippen LogP contribution is -2.01. The number of aromatic amines is 1. The maximum atomic E-state index is 12.3. The van der Waals surface area contributed by atoms with E-state index in [0.717, 1.165) is 0 Å². The number of hydrogen-bond donors (Lipinski definition) is 1. The number of halogens is 3. The van der Waals surface area contributed by atoms with Crippen molar-refractivity contribution in [1.82, 2.24) is 14.9 Å². The summed E-state index contributed by atoms with van der Waals surface area (Å²) in [5, 5.41) is 11.4. The Kier molecular flexibility index (Phi) is 7.23. The van der Waals surface area contributed by atoms with Crippen molar-refractivity contribution >= 4 is 30.0 Å². The molecule has 160 valence electrons. The minimum Gasteiger partial charge on any atom is -0.493 e. The van der Waals surface area contributed by atoms with E-state index in [-0.39, 0.29) is 17.1 Å². The third-order valence-corrected chi connectivity index (χ3v) is 4.41. The van der Waals surface area contributed by atoms with Gasteiger partial charge in [-0.05, 0) is 54.2 Å². The number of ether oxygens (including phenoxy) is 3. The van der Waals surface area contributed by atoms with Crippen molar-refractivity contribution in [1.29, 1.82) is 0 Å². The van der Waals surface area contributed by atoms with Crippen LogP contribution in [0.25, 0.3) is 11.4 Å². The number of terminal acetylenes is 1. The highest BCUT2D eigenvalue weighted by molar-refractivity contribution is 7.71. The summed E-state index contributed by atoms with van der Waals surface area (Å²) in [6.45, 7) is -2.87. The molecule has 3 aromatic rings. The Labute approximate surface area is 186 Å². The number of benzene rings is 2. The van der Waals surface area contributed by atoms with Crippen molar-refractivity contribution in [3.63, 3.8) is 0 Å². The Morgan fingerprint density at radius 3 is 2.74 bits per heavy atom. The maximum Gasteiger partial charge on any atom is 0.387 e. The predicted molar refractivity (Wildman–Crippen MR) is 115 cm³/mol. The lowest BCUT2D eigenvalue weighted by atomic mass is 10.2. The van der Waals surface area contributed by atoms with E-state index in [9.17, 15) is 8.78 Å². The number of nitrogens with zero attached hydrogens (tertiary/aromatic N) is 3. The Balaban J connectivity index is 1.90. The first-order valence-corrected chi connectivity index (χ1v) is 9.42. The standard InChI is InChI=1S/C20H15ClF2N4O3S/c1-3-8-29-17-15(21)9-12(10-16(17)28-2)11-24-27-18(25-26-20(27)31)13-4-6-14(7-5-13)30-19(22)23/h1,4-7,9-11,19H,8H2,2H3,(H,26,31)/b24-11+. The van der Waals surface area contributed by atoms with Crippen LogP contribution < -0.4 is 14.2 Å². The maximum absolute atomic E-state index is 12.3. The third kappa shape index (κ3) is 5.39. The molecule has 0 unspecified atom stereocenters. The number of aromatic nitrogens is 3. The number of H-pyrrole nitrogens is 1. The normalized spacial score (nSPS) is 11.0.